The van der Waals surface area contributed by atoms with E-state index in [4.69, 9.17) is 0 Å². The van der Waals surface area contributed by atoms with Crippen LogP contribution in [-0.4, -0.2) is 26.5 Å². The summed E-state index contributed by atoms with van der Waals surface area (Å²) < 4.78 is 40.9. The van der Waals surface area contributed by atoms with Crippen LogP contribution in [0.25, 0.3) is 11.5 Å². The van der Waals surface area contributed by atoms with Crippen LogP contribution < -0.4 is 0 Å². The molecule has 96 valence electrons. The molecular weight excluding hydrogens is 253 g/mol. The first-order valence-electron chi connectivity index (χ1n) is 4.76. The molecule has 1 aromatic carbocycles. The van der Waals surface area contributed by atoms with Gasteiger partial charge in [0, 0.05) is 11.6 Å². The highest BCUT2D eigenvalue weighted by Crippen LogP contribution is 2.28. The van der Waals surface area contributed by atoms with Crippen molar-refractivity contribution in [3.05, 3.63) is 24.0 Å². The summed E-state index contributed by atoms with van der Waals surface area (Å²) in [5.41, 5.74) is 0.133. The largest absolute Gasteiger partial charge is 0.508 e. The minimum absolute atomic E-state index is 0.133. The number of hydrogen-bond donors (Lipinski definition) is 2. The Labute approximate surface area is 98.5 Å². The number of nitrogens with zero attached hydrogens (tertiary/aromatic N) is 2. The summed E-state index contributed by atoms with van der Waals surface area (Å²) in [6, 6.07) is 3.44. The molecule has 0 aliphatic rings. The Bertz CT molecular complexity index is 545. The maximum absolute atomic E-state index is 12.1. The Morgan fingerprint density at radius 1 is 1.11 bits per heavy atom. The summed E-state index contributed by atoms with van der Waals surface area (Å²) in [5, 5.41) is 21.6. The Kier molecular flexibility index (Phi) is 2.85. The molecule has 0 aliphatic heterocycles. The predicted octanol–water partition coefficient (Wildman–Crippen LogP) is 2.25. The fraction of sp³-hybridized carbons (Fsp3) is 0.200. The number of alkyl halides is 3. The van der Waals surface area contributed by atoms with Crippen molar-refractivity contribution < 1.29 is 27.9 Å². The van der Waals surface area contributed by atoms with E-state index in [-0.39, 0.29) is 23.0 Å². The first kappa shape index (κ1) is 12.2. The lowest BCUT2D eigenvalue weighted by Crippen LogP contribution is -2.12. The normalized spacial score (nSPS) is 11.7. The Morgan fingerprint density at radius 2 is 1.72 bits per heavy atom. The number of hydrogen-bond acceptors (Lipinski definition) is 5. The van der Waals surface area contributed by atoms with E-state index in [1.807, 2.05) is 0 Å². The summed E-state index contributed by atoms with van der Waals surface area (Å²) in [6.45, 7) is 0. The van der Waals surface area contributed by atoms with E-state index >= 15 is 0 Å². The number of phenols is 2. The highest BCUT2D eigenvalue weighted by Gasteiger charge is 2.30. The molecule has 2 N–H and O–H groups in total. The molecule has 2 rings (SSSR count). The van der Waals surface area contributed by atoms with E-state index in [1.165, 1.54) is 12.1 Å². The van der Waals surface area contributed by atoms with Crippen LogP contribution in [0.15, 0.2) is 22.7 Å². The average Bonchev–Trinajstić information content (AvgIpc) is 2.61. The van der Waals surface area contributed by atoms with Crippen LogP contribution in [0.3, 0.4) is 0 Å². The van der Waals surface area contributed by atoms with Crippen molar-refractivity contribution in [3.8, 4) is 23.0 Å². The molecule has 2 aromatic rings. The monoisotopic (exact) mass is 260 g/mol. The van der Waals surface area contributed by atoms with Crippen molar-refractivity contribution in [2.24, 2.45) is 0 Å². The molecule has 0 aliphatic carbocycles. The van der Waals surface area contributed by atoms with E-state index in [0.29, 0.717) is 0 Å². The quantitative estimate of drug-likeness (QED) is 0.865. The number of aromatic nitrogens is 2. The zero-order chi connectivity index (χ0) is 13.3. The van der Waals surface area contributed by atoms with Crippen LogP contribution in [0, 0.1) is 0 Å². The molecule has 0 bridgehead atoms. The third-order valence-electron chi connectivity index (χ3n) is 1.98. The zero-order valence-electron chi connectivity index (χ0n) is 8.77. The zero-order valence-corrected chi connectivity index (χ0v) is 8.77. The molecule has 8 heteroatoms. The van der Waals surface area contributed by atoms with Crippen LogP contribution >= 0.6 is 0 Å². The van der Waals surface area contributed by atoms with Crippen molar-refractivity contribution >= 4 is 0 Å². The SMILES string of the molecule is Oc1cc(O)cc(-c2nc(CC(F)(F)F)no2)c1. The maximum Gasteiger partial charge on any atom is 0.396 e. The molecule has 0 unspecified atom stereocenters. The van der Waals surface area contributed by atoms with Crippen molar-refractivity contribution in [3.63, 3.8) is 0 Å². The van der Waals surface area contributed by atoms with Crippen molar-refractivity contribution in [2.75, 3.05) is 0 Å². The van der Waals surface area contributed by atoms with Gasteiger partial charge in [-0.1, -0.05) is 5.16 Å². The van der Waals surface area contributed by atoms with Crippen LogP contribution in [0.2, 0.25) is 0 Å². The van der Waals surface area contributed by atoms with Gasteiger partial charge in [-0.3, -0.25) is 0 Å². The Morgan fingerprint density at radius 3 is 2.28 bits per heavy atom. The van der Waals surface area contributed by atoms with Crippen molar-refractivity contribution in [1.82, 2.24) is 10.1 Å². The van der Waals surface area contributed by atoms with Gasteiger partial charge in [0.1, 0.15) is 17.9 Å². The third-order valence-corrected chi connectivity index (χ3v) is 1.98. The summed E-state index contributed by atoms with van der Waals surface area (Å²) in [7, 11) is 0. The molecule has 5 nitrogen and oxygen atoms in total. The number of rotatable bonds is 2. The van der Waals surface area contributed by atoms with E-state index in [2.05, 4.69) is 14.7 Å². The average molecular weight is 260 g/mol. The molecule has 1 aromatic heterocycles. The molecular formula is C10H7F3N2O3. The van der Waals surface area contributed by atoms with Crippen LogP contribution in [0.1, 0.15) is 5.82 Å². The van der Waals surface area contributed by atoms with Gasteiger partial charge >= 0.3 is 6.18 Å². The van der Waals surface area contributed by atoms with Crippen molar-refractivity contribution in [2.45, 2.75) is 12.6 Å². The van der Waals surface area contributed by atoms with Gasteiger partial charge in [-0.05, 0) is 12.1 Å². The van der Waals surface area contributed by atoms with E-state index in [1.54, 1.807) is 0 Å². The molecule has 0 atom stereocenters. The van der Waals surface area contributed by atoms with Gasteiger partial charge in [-0.15, -0.1) is 0 Å². The lowest BCUT2D eigenvalue weighted by molar-refractivity contribution is -0.128. The minimum atomic E-state index is -4.43. The van der Waals surface area contributed by atoms with Gasteiger partial charge in [0.05, 0.1) is 0 Å². The standard InChI is InChI=1S/C10H7F3N2O3/c11-10(12,13)4-8-14-9(18-15-8)5-1-6(16)3-7(17)2-5/h1-3,16-17H,4H2. The van der Waals surface area contributed by atoms with Crippen LogP contribution in [0.5, 0.6) is 11.5 Å². The maximum atomic E-state index is 12.1. The molecule has 0 saturated carbocycles. The summed E-state index contributed by atoms with van der Waals surface area (Å²) in [5.74, 6) is -1.25. The molecule has 0 radical (unpaired) electrons. The first-order valence-corrected chi connectivity index (χ1v) is 4.76. The fourth-order valence-corrected chi connectivity index (χ4v) is 1.34. The fourth-order valence-electron chi connectivity index (χ4n) is 1.34. The summed E-state index contributed by atoms with van der Waals surface area (Å²) in [6.07, 6.45) is -5.73. The van der Waals surface area contributed by atoms with Gasteiger partial charge < -0.3 is 14.7 Å². The second-order valence-electron chi connectivity index (χ2n) is 3.55. The second-order valence-corrected chi connectivity index (χ2v) is 3.55. The Balaban J connectivity index is 2.29. The molecule has 0 saturated heterocycles. The Hall–Kier alpha value is -2.25. The third kappa shape index (κ3) is 2.90. The van der Waals surface area contributed by atoms with Gasteiger partial charge in [-0.2, -0.15) is 18.2 Å². The lowest BCUT2D eigenvalue weighted by Gasteiger charge is -2.00. The number of aromatic hydroxyl groups is 2. The number of phenolic OH excluding ortho intramolecular Hbond substituents is 2. The summed E-state index contributed by atoms with van der Waals surface area (Å²) >= 11 is 0. The molecule has 18 heavy (non-hydrogen) atoms. The number of halogens is 3. The van der Waals surface area contributed by atoms with E-state index < -0.39 is 18.4 Å². The summed E-state index contributed by atoms with van der Waals surface area (Å²) in [4.78, 5) is 3.53. The topological polar surface area (TPSA) is 79.4 Å². The van der Waals surface area contributed by atoms with Gasteiger partial charge in [0.25, 0.3) is 5.89 Å². The van der Waals surface area contributed by atoms with Gasteiger partial charge in [0.15, 0.2) is 5.82 Å². The van der Waals surface area contributed by atoms with Gasteiger partial charge in [-0.25, -0.2) is 0 Å². The molecule has 1 heterocycles. The van der Waals surface area contributed by atoms with Gasteiger partial charge in [0.2, 0.25) is 0 Å². The minimum Gasteiger partial charge on any atom is -0.508 e. The molecule has 0 spiro atoms. The van der Waals surface area contributed by atoms with Crippen molar-refractivity contribution in [1.29, 1.82) is 0 Å². The first-order chi connectivity index (χ1) is 8.33. The molecule has 0 amide bonds. The highest BCUT2D eigenvalue weighted by atomic mass is 19.4. The molecule has 0 fully saturated rings. The second kappa shape index (κ2) is 4.21. The lowest BCUT2D eigenvalue weighted by atomic mass is 10.2. The smallest absolute Gasteiger partial charge is 0.396 e. The van der Waals surface area contributed by atoms with Crippen LogP contribution in [0.4, 0.5) is 13.2 Å². The van der Waals surface area contributed by atoms with Crippen LogP contribution in [-0.2, 0) is 6.42 Å². The number of benzene rings is 1. The predicted molar refractivity (Wildman–Crippen MR) is 52.8 cm³/mol. The van der Waals surface area contributed by atoms with E-state index in [0.717, 1.165) is 6.07 Å². The highest BCUT2D eigenvalue weighted by molar-refractivity contribution is 5.58. The van der Waals surface area contributed by atoms with E-state index in [9.17, 15) is 23.4 Å².